The summed E-state index contributed by atoms with van der Waals surface area (Å²) in [7, 11) is 0. The fraction of sp³-hybridized carbons (Fsp3) is 0.600. The average Bonchev–Trinajstić information content (AvgIpc) is 3.08. The van der Waals surface area contributed by atoms with E-state index in [1.165, 1.54) is 35.1 Å². The van der Waals surface area contributed by atoms with Crippen molar-refractivity contribution in [3.05, 3.63) is 45.6 Å². The molecule has 0 bridgehead atoms. The van der Waals surface area contributed by atoms with Crippen LogP contribution in [0.3, 0.4) is 0 Å². The molecule has 1 fully saturated rings. The zero-order valence-electron chi connectivity index (χ0n) is 13.6. The second-order valence-electron chi connectivity index (χ2n) is 7.99. The van der Waals surface area contributed by atoms with Gasteiger partial charge in [0.1, 0.15) is 0 Å². The van der Waals surface area contributed by atoms with Gasteiger partial charge in [-0.2, -0.15) is 0 Å². The molecule has 0 aromatic heterocycles. The SMILES string of the molecule is [F][Zr]1([F])[CH]2C(=CC3=C2CCCC3)CCC2=CC3=C(CCCC3)[CH]21. The van der Waals surface area contributed by atoms with Crippen molar-refractivity contribution in [2.24, 2.45) is 0 Å². The first-order valence-electron chi connectivity index (χ1n) is 9.39. The molecular formula is C20H24F2Zr. The Morgan fingerprint density at radius 3 is 1.57 bits per heavy atom. The van der Waals surface area contributed by atoms with Crippen LogP contribution in [0.2, 0.25) is 7.25 Å². The maximum absolute atomic E-state index is 16.0. The van der Waals surface area contributed by atoms with Gasteiger partial charge < -0.3 is 0 Å². The second kappa shape index (κ2) is 5.35. The molecule has 0 radical (unpaired) electrons. The van der Waals surface area contributed by atoms with Crippen LogP contribution in [0.1, 0.15) is 64.2 Å². The minimum atomic E-state index is -5.27. The van der Waals surface area contributed by atoms with Crippen molar-refractivity contribution in [1.82, 2.24) is 0 Å². The Morgan fingerprint density at radius 1 is 0.652 bits per heavy atom. The molecule has 5 rings (SSSR count). The summed E-state index contributed by atoms with van der Waals surface area (Å²) in [5.41, 5.74) is 7.28. The summed E-state index contributed by atoms with van der Waals surface area (Å²) in [5, 5.41) is 0. The Bertz CT molecular complexity index is 634. The second-order valence-corrected chi connectivity index (χ2v) is 14.1. The Labute approximate surface area is 143 Å². The van der Waals surface area contributed by atoms with Gasteiger partial charge in [-0.1, -0.05) is 0 Å². The van der Waals surface area contributed by atoms with Gasteiger partial charge >= 0.3 is 144 Å². The first-order chi connectivity index (χ1) is 11.2. The topological polar surface area (TPSA) is 0 Å². The van der Waals surface area contributed by atoms with Crippen molar-refractivity contribution < 1.29 is 26.7 Å². The van der Waals surface area contributed by atoms with E-state index in [1.807, 2.05) is 0 Å². The summed E-state index contributed by atoms with van der Waals surface area (Å²) in [6.07, 6.45) is 14.9. The molecule has 1 saturated heterocycles. The molecule has 0 nitrogen and oxygen atoms in total. The van der Waals surface area contributed by atoms with E-state index in [2.05, 4.69) is 12.2 Å². The number of hydrogen-bond donors (Lipinski definition) is 0. The van der Waals surface area contributed by atoms with Crippen molar-refractivity contribution >= 4 is 0 Å². The quantitative estimate of drug-likeness (QED) is 0.420. The van der Waals surface area contributed by atoms with Gasteiger partial charge in [0.25, 0.3) is 0 Å². The maximum atomic E-state index is 16.0. The van der Waals surface area contributed by atoms with Crippen molar-refractivity contribution in [3.63, 3.8) is 0 Å². The van der Waals surface area contributed by atoms with Crippen molar-refractivity contribution in [1.29, 1.82) is 0 Å². The first kappa shape index (κ1) is 15.0. The van der Waals surface area contributed by atoms with Crippen LogP contribution < -0.4 is 0 Å². The zero-order valence-corrected chi connectivity index (χ0v) is 16.1. The monoisotopic (exact) mass is 392 g/mol. The summed E-state index contributed by atoms with van der Waals surface area (Å²) < 4.78 is 31.2. The normalized spacial score (nSPS) is 35.0. The van der Waals surface area contributed by atoms with E-state index >= 15 is 5.25 Å². The number of fused-ring (bicyclic) bond motifs is 4. The summed E-state index contributed by atoms with van der Waals surface area (Å²) in [6, 6.07) is 0. The average molecular weight is 394 g/mol. The molecule has 0 amide bonds. The van der Waals surface area contributed by atoms with E-state index in [4.69, 9.17) is 0 Å². The Hall–Kier alpha value is -0.297. The number of halogens is 2. The van der Waals surface area contributed by atoms with E-state index in [0.717, 1.165) is 62.5 Å². The molecule has 2 unspecified atom stereocenters. The van der Waals surface area contributed by atoms with Crippen molar-refractivity contribution in [2.45, 2.75) is 71.5 Å². The van der Waals surface area contributed by atoms with Gasteiger partial charge in [0, 0.05) is 0 Å². The Kier molecular flexibility index (Phi) is 3.49. The van der Waals surface area contributed by atoms with Crippen LogP contribution >= 0.6 is 0 Å². The molecule has 1 aliphatic heterocycles. The van der Waals surface area contributed by atoms with Crippen LogP contribution in [0.5, 0.6) is 0 Å². The van der Waals surface area contributed by atoms with E-state index in [-0.39, 0.29) is 7.25 Å². The van der Waals surface area contributed by atoms with Crippen LogP contribution in [0.4, 0.5) is 5.25 Å². The van der Waals surface area contributed by atoms with Crippen LogP contribution in [0.25, 0.3) is 0 Å². The predicted octanol–water partition coefficient (Wildman–Crippen LogP) is 6.90. The van der Waals surface area contributed by atoms with E-state index in [9.17, 15) is 0 Å². The summed E-state index contributed by atoms with van der Waals surface area (Å²) >= 11 is -5.27. The third-order valence-corrected chi connectivity index (χ3v) is 14.1. The third kappa shape index (κ3) is 2.14. The molecule has 0 aromatic carbocycles. The fourth-order valence-corrected chi connectivity index (χ4v) is 14.1. The van der Waals surface area contributed by atoms with Crippen LogP contribution in [-0.2, 0) is 21.5 Å². The predicted molar refractivity (Wildman–Crippen MR) is 86.1 cm³/mol. The van der Waals surface area contributed by atoms with Gasteiger partial charge in [0.2, 0.25) is 0 Å². The summed E-state index contributed by atoms with van der Waals surface area (Å²) in [5.74, 6) is 0. The van der Waals surface area contributed by atoms with Gasteiger partial charge in [-0.3, -0.25) is 0 Å². The van der Waals surface area contributed by atoms with Crippen LogP contribution in [0, 0.1) is 0 Å². The van der Waals surface area contributed by atoms with Gasteiger partial charge in [-0.05, 0) is 0 Å². The number of rotatable bonds is 0. The minimum absolute atomic E-state index is 0.371. The molecule has 122 valence electrons. The standard InChI is InChI=1S/C20H24.2FH.Zr/c1-2-6-18-12-15(11-17(18)5-1)9-10-16-13-19-7-3-4-8-20(19)14-16;;;/h11-14H,1-10H2;2*1H;/q;;;+2/p-2. The molecule has 5 aliphatic rings. The molecule has 0 saturated carbocycles. The zero-order chi connectivity index (χ0) is 15.6. The summed E-state index contributed by atoms with van der Waals surface area (Å²) in [6.45, 7) is 0. The Morgan fingerprint density at radius 2 is 1.09 bits per heavy atom. The molecule has 0 spiro atoms. The van der Waals surface area contributed by atoms with Gasteiger partial charge in [-0.25, -0.2) is 0 Å². The summed E-state index contributed by atoms with van der Waals surface area (Å²) in [4.78, 5) is 0. The van der Waals surface area contributed by atoms with Gasteiger partial charge in [-0.15, -0.1) is 0 Å². The van der Waals surface area contributed by atoms with Gasteiger partial charge in [0.15, 0.2) is 0 Å². The molecule has 0 N–H and O–H groups in total. The molecule has 0 aromatic rings. The third-order valence-electron chi connectivity index (χ3n) is 6.74. The fourth-order valence-electron chi connectivity index (χ4n) is 5.80. The number of allylic oxidation sites excluding steroid dienone is 8. The first-order valence-corrected chi connectivity index (χ1v) is 14.1. The van der Waals surface area contributed by atoms with Crippen molar-refractivity contribution in [3.8, 4) is 0 Å². The van der Waals surface area contributed by atoms with E-state index < -0.39 is 21.5 Å². The number of hydrogen-bond acceptors (Lipinski definition) is 0. The molecule has 23 heavy (non-hydrogen) atoms. The molecule has 4 aliphatic carbocycles. The van der Waals surface area contributed by atoms with E-state index in [1.54, 1.807) is 0 Å². The molecular weight excluding hydrogens is 369 g/mol. The molecule has 1 heterocycles. The molecule has 3 heteroatoms. The van der Waals surface area contributed by atoms with E-state index in [0.29, 0.717) is 0 Å². The van der Waals surface area contributed by atoms with Crippen LogP contribution in [0.15, 0.2) is 45.6 Å². The van der Waals surface area contributed by atoms with Gasteiger partial charge in [0.05, 0.1) is 0 Å². The molecule has 2 atom stereocenters. The van der Waals surface area contributed by atoms with Crippen molar-refractivity contribution in [2.75, 3.05) is 0 Å². The van der Waals surface area contributed by atoms with Crippen LogP contribution in [-0.4, -0.2) is 0 Å². The Balaban J connectivity index is 1.61.